The summed E-state index contributed by atoms with van der Waals surface area (Å²) in [5.74, 6) is 1.71. The van der Waals surface area contributed by atoms with Crippen LogP contribution in [0.5, 0.6) is 0 Å². The fourth-order valence-corrected chi connectivity index (χ4v) is 3.07. The van der Waals surface area contributed by atoms with Crippen LogP contribution in [0.1, 0.15) is 36.4 Å². The van der Waals surface area contributed by atoms with Crippen LogP contribution in [0, 0.1) is 0 Å². The SMILES string of the molecule is CCc1noc(CC)c1CNC(=NC)NCc1ccc2ccccc2c1. The molecule has 0 saturated heterocycles. The maximum atomic E-state index is 5.42. The molecule has 1 heterocycles. The molecule has 0 aliphatic heterocycles. The van der Waals surface area contributed by atoms with Gasteiger partial charge in [0.05, 0.1) is 5.69 Å². The number of fused-ring (bicyclic) bond motifs is 1. The van der Waals surface area contributed by atoms with Crippen molar-refractivity contribution in [2.75, 3.05) is 7.05 Å². The average Bonchev–Trinajstić information content (AvgIpc) is 3.10. The van der Waals surface area contributed by atoms with Crippen LogP contribution in [0.4, 0.5) is 0 Å². The minimum absolute atomic E-state index is 0.660. The van der Waals surface area contributed by atoms with Gasteiger partial charge in [-0.15, -0.1) is 0 Å². The van der Waals surface area contributed by atoms with Crippen molar-refractivity contribution in [3.63, 3.8) is 0 Å². The van der Waals surface area contributed by atoms with Crippen molar-refractivity contribution in [1.29, 1.82) is 0 Å². The molecule has 0 spiro atoms. The molecule has 5 nitrogen and oxygen atoms in total. The number of hydrogen-bond acceptors (Lipinski definition) is 3. The van der Waals surface area contributed by atoms with Gasteiger partial charge in [0.15, 0.2) is 5.96 Å². The lowest BCUT2D eigenvalue weighted by Crippen LogP contribution is -2.36. The van der Waals surface area contributed by atoms with Crippen molar-refractivity contribution < 1.29 is 4.52 Å². The maximum Gasteiger partial charge on any atom is 0.191 e. The van der Waals surface area contributed by atoms with Gasteiger partial charge in [0, 0.05) is 32.1 Å². The Kier molecular flexibility index (Phi) is 5.89. The molecule has 0 atom stereocenters. The summed E-state index contributed by atoms with van der Waals surface area (Å²) in [7, 11) is 1.78. The number of rotatable bonds is 6. The maximum absolute atomic E-state index is 5.42. The van der Waals surface area contributed by atoms with Crippen molar-refractivity contribution in [3.05, 3.63) is 65.0 Å². The minimum atomic E-state index is 0.660. The molecule has 26 heavy (non-hydrogen) atoms. The average molecular weight is 350 g/mol. The van der Waals surface area contributed by atoms with Crippen molar-refractivity contribution in [1.82, 2.24) is 15.8 Å². The summed E-state index contributed by atoms with van der Waals surface area (Å²) < 4.78 is 5.42. The van der Waals surface area contributed by atoms with Gasteiger partial charge in [-0.2, -0.15) is 0 Å². The third kappa shape index (κ3) is 4.04. The fraction of sp³-hybridized carbons (Fsp3) is 0.333. The van der Waals surface area contributed by atoms with Crippen LogP contribution in [0.2, 0.25) is 0 Å². The van der Waals surface area contributed by atoms with Crippen LogP contribution in [-0.4, -0.2) is 18.2 Å². The zero-order valence-corrected chi connectivity index (χ0v) is 15.7. The molecule has 2 aromatic carbocycles. The molecule has 0 unspecified atom stereocenters. The summed E-state index contributed by atoms with van der Waals surface area (Å²) in [6.07, 6.45) is 1.71. The molecular weight excluding hydrogens is 324 g/mol. The largest absolute Gasteiger partial charge is 0.361 e. The van der Waals surface area contributed by atoms with Gasteiger partial charge in [-0.3, -0.25) is 4.99 Å². The number of hydrogen-bond donors (Lipinski definition) is 2. The van der Waals surface area contributed by atoms with Crippen molar-refractivity contribution in [2.24, 2.45) is 4.99 Å². The number of nitrogens with zero attached hydrogens (tertiary/aromatic N) is 2. The summed E-state index contributed by atoms with van der Waals surface area (Å²) in [4.78, 5) is 4.32. The van der Waals surface area contributed by atoms with E-state index < -0.39 is 0 Å². The summed E-state index contributed by atoms with van der Waals surface area (Å²) in [5, 5.41) is 13.4. The molecule has 0 aliphatic carbocycles. The minimum Gasteiger partial charge on any atom is -0.361 e. The molecule has 2 N–H and O–H groups in total. The van der Waals surface area contributed by atoms with Gasteiger partial charge < -0.3 is 15.2 Å². The first-order chi connectivity index (χ1) is 12.7. The van der Waals surface area contributed by atoms with E-state index in [0.717, 1.165) is 42.4 Å². The van der Waals surface area contributed by atoms with Crippen LogP contribution in [0.15, 0.2) is 52.0 Å². The van der Waals surface area contributed by atoms with E-state index in [0.29, 0.717) is 6.54 Å². The van der Waals surface area contributed by atoms with Crippen molar-refractivity contribution >= 4 is 16.7 Å². The molecule has 0 amide bonds. The lowest BCUT2D eigenvalue weighted by Gasteiger charge is -2.12. The van der Waals surface area contributed by atoms with E-state index in [1.807, 2.05) is 0 Å². The van der Waals surface area contributed by atoms with Gasteiger partial charge in [-0.05, 0) is 28.8 Å². The van der Waals surface area contributed by atoms with E-state index in [2.05, 4.69) is 77.1 Å². The van der Waals surface area contributed by atoms with Gasteiger partial charge >= 0.3 is 0 Å². The Bertz CT molecular complexity index is 876. The molecule has 5 heteroatoms. The number of aromatic nitrogens is 1. The highest BCUT2D eigenvalue weighted by molar-refractivity contribution is 5.83. The Morgan fingerprint density at radius 3 is 2.50 bits per heavy atom. The molecule has 0 aliphatic rings. The third-order valence-corrected chi connectivity index (χ3v) is 4.54. The summed E-state index contributed by atoms with van der Waals surface area (Å²) in [5.41, 5.74) is 3.38. The number of benzene rings is 2. The van der Waals surface area contributed by atoms with Gasteiger partial charge in [0.25, 0.3) is 0 Å². The highest BCUT2D eigenvalue weighted by atomic mass is 16.5. The molecule has 0 saturated carbocycles. The van der Waals surface area contributed by atoms with Gasteiger partial charge in [-0.1, -0.05) is 55.4 Å². The van der Waals surface area contributed by atoms with E-state index in [9.17, 15) is 0 Å². The monoisotopic (exact) mass is 350 g/mol. The normalized spacial score (nSPS) is 11.7. The first-order valence-corrected chi connectivity index (χ1v) is 9.13. The highest BCUT2D eigenvalue weighted by Gasteiger charge is 2.13. The second-order valence-electron chi connectivity index (χ2n) is 6.20. The highest BCUT2D eigenvalue weighted by Crippen LogP contribution is 2.16. The second-order valence-corrected chi connectivity index (χ2v) is 6.20. The van der Waals surface area contributed by atoms with Gasteiger partial charge in [0.2, 0.25) is 0 Å². The Morgan fingerprint density at radius 1 is 1.00 bits per heavy atom. The molecule has 0 fully saturated rings. The van der Waals surface area contributed by atoms with Crippen LogP contribution in [0.3, 0.4) is 0 Å². The third-order valence-electron chi connectivity index (χ3n) is 4.54. The molecule has 136 valence electrons. The van der Waals surface area contributed by atoms with Crippen LogP contribution in [-0.2, 0) is 25.9 Å². The van der Waals surface area contributed by atoms with Crippen LogP contribution < -0.4 is 10.6 Å². The molecule has 3 aromatic rings. The van der Waals surface area contributed by atoms with Crippen molar-refractivity contribution in [2.45, 2.75) is 39.8 Å². The second kappa shape index (κ2) is 8.52. The lowest BCUT2D eigenvalue weighted by molar-refractivity contribution is 0.380. The standard InChI is InChI=1S/C21H26N4O/c1-4-19-18(20(5-2)26-25-19)14-24-21(22-3)23-13-15-10-11-16-8-6-7-9-17(16)12-15/h6-12H,4-5,13-14H2,1-3H3,(H2,22,23,24). The summed E-state index contributed by atoms with van der Waals surface area (Å²) in [6, 6.07) is 14.9. The van der Waals surface area contributed by atoms with Gasteiger partial charge in [0.1, 0.15) is 5.76 Å². The summed E-state index contributed by atoms with van der Waals surface area (Å²) >= 11 is 0. The summed E-state index contributed by atoms with van der Waals surface area (Å²) in [6.45, 7) is 5.55. The predicted octanol–water partition coefficient (Wildman–Crippen LogP) is 3.82. The molecule has 0 radical (unpaired) electrons. The first kappa shape index (κ1) is 18.0. The molecule has 3 rings (SSSR count). The van der Waals surface area contributed by atoms with Gasteiger partial charge in [-0.25, -0.2) is 0 Å². The molecule has 1 aromatic heterocycles. The lowest BCUT2D eigenvalue weighted by atomic mass is 10.1. The Labute approximate surface area is 154 Å². The number of aryl methyl sites for hydroxylation is 2. The first-order valence-electron chi connectivity index (χ1n) is 9.13. The Morgan fingerprint density at radius 2 is 1.77 bits per heavy atom. The van der Waals surface area contributed by atoms with Crippen LogP contribution in [0.25, 0.3) is 10.8 Å². The van der Waals surface area contributed by atoms with E-state index in [-0.39, 0.29) is 0 Å². The van der Waals surface area contributed by atoms with E-state index in [1.165, 1.54) is 16.3 Å². The predicted molar refractivity (Wildman–Crippen MR) is 106 cm³/mol. The fourth-order valence-electron chi connectivity index (χ4n) is 3.07. The Balaban J connectivity index is 1.62. The number of aliphatic imine (C=N–C) groups is 1. The van der Waals surface area contributed by atoms with Crippen molar-refractivity contribution in [3.8, 4) is 0 Å². The zero-order valence-electron chi connectivity index (χ0n) is 15.7. The topological polar surface area (TPSA) is 62.5 Å². The number of guanidine groups is 1. The Hall–Kier alpha value is -2.82. The zero-order chi connectivity index (χ0) is 18.4. The number of nitrogens with one attached hydrogen (secondary N) is 2. The van der Waals surface area contributed by atoms with E-state index in [4.69, 9.17) is 4.52 Å². The quantitative estimate of drug-likeness (QED) is 0.524. The molecule has 0 bridgehead atoms. The van der Waals surface area contributed by atoms with E-state index >= 15 is 0 Å². The van der Waals surface area contributed by atoms with E-state index in [1.54, 1.807) is 7.05 Å². The van der Waals surface area contributed by atoms with Crippen LogP contribution >= 0.6 is 0 Å². The molecular formula is C21H26N4O. The smallest absolute Gasteiger partial charge is 0.191 e.